The number of rotatable bonds is 5. The molecule has 14 heteroatoms. The molecule has 0 fully saturated rings. The highest BCUT2D eigenvalue weighted by molar-refractivity contribution is 14.1. The largest absolute Gasteiger partial charge is 0.459 e. The SMILES string of the molecule is O=C(OCCOC(=O)C(O)(C(F)(F)F)C(F)(F)F)c1cc(I)cc(I)c1I. The van der Waals surface area contributed by atoms with Crippen LogP contribution < -0.4 is 0 Å². The Kier molecular flexibility index (Phi) is 8.44. The third-order valence-electron chi connectivity index (χ3n) is 2.88. The highest BCUT2D eigenvalue weighted by Gasteiger charge is 2.76. The van der Waals surface area contributed by atoms with Crippen LogP contribution in [-0.2, 0) is 14.3 Å². The van der Waals surface area contributed by atoms with Crippen LogP contribution in [0.4, 0.5) is 26.3 Å². The molecule has 0 bridgehead atoms. The summed E-state index contributed by atoms with van der Waals surface area (Å²) in [6, 6.07) is 3.22. The van der Waals surface area contributed by atoms with Crippen LogP contribution >= 0.6 is 67.8 Å². The van der Waals surface area contributed by atoms with Gasteiger partial charge in [0.05, 0.1) is 5.56 Å². The van der Waals surface area contributed by atoms with Crippen LogP contribution in [0.15, 0.2) is 12.1 Å². The van der Waals surface area contributed by atoms with Crippen LogP contribution in [0.5, 0.6) is 0 Å². The summed E-state index contributed by atoms with van der Waals surface area (Å²) in [4.78, 5) is 23.1. The van der Waals surface area contributed by atoms with E-state index >= 15 is 0 Å². The van der Waals surface area contributed by atoms with E-state index in [1.807, 2.05) is 67.8 Å². The Morgan fingerprint density at radius 1 is 0.926 bits per heavy atom. The van der Waals surface area contributed by atoms with Crippen LogP contribution in [0.25, 0.3) is 0 Å². The average molecular weight is 738 g/mol. The lowest BCUT2D eigenvalue weighted by atomic mass is 10.0. The van der Waals surface area contributed by atoms with Crippen LogP contribution in [0, 0.1) is 10.7 Å². The number of halogens is 9. The Labute approximate surface area is 188 Å². The van der Waals surface area contributed by atoms with Crippen molar-refractivity contribution in [3.8, 4) is 0 Å². The summed E-state index contributed by atoms with van der Waals surface area (Å²) in [5, 5.41) is 8.80. The van der Waals surface area contributed by atoms with E-state index in [0.717, 1.165) is 3.57 Å². The maximum absolute atomic E-state index is 12.5. The minimum atomic E-state index is -6.34. The molecule has 0 unspecified atom stereocenters. The first kappa shape index (κ1) is 24.9. The first-order valence-corrected chi connectivity index (χ1v) is 9.71. The van der Waals surface area contributed by atoms with Crippen LogP contribution in [0.2, 0.25) is 0 Å². The molecule has 27 heavy (non-hydrogen) atoms. The topological polar surface area (TPSA) is 72.8 Å². The molecule has 0 radical (unpaired) electrons. The number of aliphatic hydroxyl groups is 1. The third kappa shape index (κ3) is 5.71. The number of ether oxygens (including phenoxy) is 2. The van der Waals surface area contributed by atoms with Crippen molar-refractivity contribution in [2.24, 2.45) is 0 Å². The smallest absolute Gasteiger partial charge is 0.437 e. The fourth-order valence-corrected chi connectivity index (χ4v) is 3.92. The molecule has 0 saturated carbocycles. The van der Waals surface area contributed by atoms with Crippen molar-refractivity contribution in [2.45, 2.75) is 18.0 Å². The fourth-order valence-electron chi connectivity index (χ4n) is 1.55. The van der Waals surface area contributed by atoms with Crippen molar-refractivity contribution in [2.75, 3.05) is 13.2 Å². The van der Waals surface area contributed by atoms with Gasteiger partial charge in [-0.2, -0.15) is 26.3 Å². The number of alkyl halides is 6. The molecular weight excluding hydrogens is 731 g/mol. The van der Waals surface area contributed by atoms with Crippen LogP contribution in [0.1, 0.15) is 10.4 Å². The lowest BCUT2D eigenvalue weighted by Gasteiger charge is -2.29. The summed E-state index contributed by atoms with van der Waals surface area (Å²) in [5.74, 6) is -3.87. The predicted molar refractivity (Wildman–Crippen MR) is 103 cm³/mol. The Bertz CT molecular complexity index is 720. The molecule has 0 saturated heterocycles. The molecule has 0 aliphatic carbocycles. The van der Waals surface area contributed by atoms with E-state index in [9.17, 15) is 35.9 Å². The summed E-state index contributed by atoms with van der Waals surface area (Å²) in [7, 11) is 0. The van der Waals surface area contributed by atoms with Gasteiger partial charge in [-0.05, 0) is 79.9 Å². The minimum absolute atomic E-state index is 0.125. The predicted octanol–water partition coefficient (Wildman–Crippen LogP) is 4.06. The molecule has 0 atom stereocenters. The summed E-state index contributed by atoms with van der Waals surface area (Å²) in [6.07, 6.45) is -12.7. The number of carbonyl (C=O) groups excluding carboxylic acids is 2. The first-order chi connectivity index (χ1) is 12.1. The monoisotopic (exact) mass is 738 g/mol. The van der Waals surface area contributed by atoms with Crippen molar-refractivity contribution in [1.82, 2.24) is 0 Å². The fraction of sp³-hybridized carbons (Fsp3) is 0.385. The van der Waals surface area contributed by atoms with Crippen molar-refractivity contribution < 1.29 is 50.5 Å². The number of carbonyl (C=O) groups is 2. The van der Waals surface area contributed by atoms with E-state index in [2.05, 4.69) is 9.47 Å². The van der Waals surface area contributed by atoms with Gasteiger partial charge in [0.15, 0.2) is 0 Å². The average Bonchev–Trinajstić information content (AvgIpc) is 2.51. The second-order valence-corrected chi connectivity index (χ2v) is 8.21. The molecular formula is C13H7F6I3O5. The number of benzene rings is 1. The van der Waals surface area contributed by atoms with Gasteiger partial charge in [-0.1, -0.05) is 0 Å². The van der Waals surface area contributed by atoms with E-state index in [1.165, 1.54) is 6.07 Å². The Hall–Kier alpha value is -0.110. The molecule has 5 nitrogen and oxygen atoms in total. The van der Waals surface area contributed by atoms with Gasteiger partial charge in [0, 0.05) is 10.7 Å². The zero-order chi connectivity index (χ0) is 21.2. The van der Waals surface area contributed by atoms with Gasteiger partial charge in [-0.25, -0.2) is 9.59 Å². The Balaban J connectivity index is 2.73. The molecule has 0 spiro atoms. The van der Waals surface area contributed by atoms with Crippen LogP contribution in [-0.4, -0.2) is 48.2 Å². The molecule has 1 aromatic rings. The van der Waals surface area contributed by atoms with Gasteiger partial charge in [0.1, 0.15) is 13.2 Å². The third-order valence-corrected chi connectivity index (χ3v) is 6.55. The summed E-state index contributed by atoms with van der Waals surface area (Å²) in [5.41, 5.74) is -5.55. The maximum Gasteiger partial charge on any atom is 0.437 e. The van der Waals surface area contributed by atoms with Gasteiger partial charge in [0.25, 0.3) is 0 Å². The molecule has 1 N–H and O–H groups in total. The Morgan fingerprint density at radius 3 is 1.89 bits per heavy atom. The van der Waals surface area contributed by atoms with E-state index in [-0.39, 0.29) is 5.56 Å². The molecule has 0 aliphatic rings. The number of hydrogen-bond donors (Lipinski definition) is 1. The van der Waals surface area contributed by atoms with Gasteiger partial charge in [0.2, 0.25) is 0 Å². The zero-order valence-corrected chi connectivity index (χ0v) is 19.0. The van der Waals surface area contributed by atoms with Crippen molar-refractivity contribution >= 4 is 79.7 Å². The molecule has 0 heterocycles. The van der Waals surface area contributed by atoms with Gasteiger partial charge in [-0.15, -0.1) is 0 Å². The lowest BCUT2D eigenvalue weighted by Crippen LogP contribution is -2.63. The van der Waals surface area contributed by atoms with E-state index in [0.29, 0.717) is 7.14 Å². The second-order valence-electron chi connectivity index (χ2n) is 4.73. The molecule has 0 aromatic heterocycles. The standard InChI is InChI=1S/C13H7F6I3O5/c14-12(15,16)11(25,13(17,18)19)10(24)27-2-1-26-9(23)6-3-5(20)4-7(21)8(6)22/h3-4,25H,1-2H2. The van der Waals surface area contributed by atoms with Gasteiger partial charge in [-0.3, -0.25) is 0 Å². The van der Waals surface area contributed by atoms with E-state index in [4.69, 9.17) is 5.11 Å². The quantitative estimate of drug-likeness (QED) is 0.163. The normalized spacial score (nSPS) is 12.7. The summed E-state index contributed by atoms with van der Waals surface area (Å²) in [6.45, 7) is -1.93. The zero-order valence-electron chi connectivity index (χ0n) is 12.6. The molecule has 1 aromatic carbocycles. The lowest BCUT2D eigenvalue weighted by molar-refractivity contribution is -0.357. The highest BCUT2D eigenvalue weighted by Crippen LogP contribution is 2.43. The summed E-state index contributed by atoms with van der Waals surface area (Å²) < 4.78 is 85.3. The van der Waals surface area contributed by atoms with Crippen molar-refractivity contribution in [3.05, 3.63) is 28.4 Å². The molecule has 0 aliphatic heterocycles. The van der Waals surface area contributed by atoms with E-state index in [1.54, 1.807) is 6.07 Å². The summed E-state index contributed by atoms with van der Waals surface area (Å²) >= 11 is 5.74. The van der Waals surface area contributed by atoms with Crippen molar-refractivity contribution in [1.29, 1.82) is 0 Å². The van der Waals surface area contributed by atoms with Crippen molar-refractivity contribution in [3.63, 3.8) is 0 Å². The van der Waals surface area contributed by atoms with E-state index < -0.39 is 43.1 Å². The number of hydrogen-bond acceptors (Lipinski definition) is 5. The Morgan fingerprint density at radius 2 is 1.41 bits per heavy atom. The van der Waals surface area contributed by atoms with Gasteiger partial charge < -0.3 is 14.6 Å². The molecule has 152 valence electrons. The second kappa shape index (κ2) is 9.14. The first-order valence-electron chi connectivity index (χ1n) is 6.47. The highest BCUT2D eigenvalue weighted by atomic mass is 127. The minimum Gasteiger partial charge on any atom is -0.459 e. The van der Waals surface area contributed by atoms with Gasteiger partial charge >= 0.3 is 29.9 Å². The number of esters is 2. The maximum atomic E-state index is 12.5. The van der Waals surface area contributed by atoms with Crippen LogP contribution in [0.3, 0.4) is 0 Å². The molecule has 1 rings (SSSR count). The molecule has 0 amide bonds.